The standard InChI is InChI=1S/C19H18ClF3N5O6P/c20-11-12(22)7(3-8(21)13(11)23)9-1-2-31-35(34-9)32-4-10-15(29)16(30)19(33-10)28-6-27-14-17(24)25-5-26-18(14)28/h3,5-6,9-10,15-16,19,29-30H,1-2,4H2,(H2,24,25,26)/t9?,10-,15-,16-,19-,35?/m1/s1. The Bertz CT molecular complexity index is 1260. The van der Waals surface area contributed by atoms with E-state index in [1.165, 1.54) is 17.2 Å². The molecule has 2 fully saturated rings. The minimum absolute atomic E-state index is 0.0773. The van der Waals surface area contributed by atoms with E-state index in [9.17, 15) is 23.4 Å². The Kier molecular flexibility index (Phi) is 6.81. The zero-order valence-electron chi connectivity index (χ0n) is 17.6. The molecule has 0 radical (unpaired) electrons. The van der Waals surface area contributed by atoms with Gasteiger partial charge >= 0.3 is 8.60 Å². The fraction of sp³-hybridized carbons (Fsp3) is 0.421. The summed E-state index contributed by atoms with van der Waals surface area (Å²) in [4.78, 5) is 12.0. The molecule has 2 saturated heterocycles. The molecular formula is C19H18ClF3N5O6P. The molecule has 0 bridgehead atoms. The molecule has 16 heteroatoms. The highest BCUT2D eigenvalue weighted by atomic mass is 35.5. The summed E-state index contributed by atoms with van der Waals surface area (Å²) in [6.07, 6.45) is -3.04. The molecular weight excluding hydrogens is 518 g/mol. The minimum atomic E-state index is -2.07. The van der Waals surface area contributed by atoms with Gasteiger partial charge in [-0.1, -0.05) is 11.6 Å². The molecule has 4 heterocycles. The van der Waals surface area contributed by atoms with Crippen molar-refractivity contribution in [3.05, 3.63) is 46.8 Å². The predicted octanol–water partition coefficient (Wildman–Crippen LogP) is 2.52. The molecule has 0 spiro atoms. The third-order valence-corrected chi connectivity index (χ3v) is 7.12. The van der Waals surface area contributed by atoms with Crippen LogP contribution in [0.4, 0.5) is 19.0 Å². The van der Waals surface area contributed by atoms with Gasteiger partial charge in [-0.05, 0) is 6.07 Å². The monoisotopic (exact) mass is 535 g/mol. The highest BCUT2D eigenvalue weighted by molar-refractivity contribution is 7.41. The summed E-state index contributed by atoms with van der Waals surface area (Å²) in [6.45, 7) is -0.189. The van der Waals surface area contributed by atoms with E-state index in [0.29, 0.717) is 17.2 Å². The number of ether oxygens (including phenoxy) is 1. The van der Waals surface area contributed by atoms with E-state index in [1.54, 1.807) is 0 Å². The van der Waals surface area contributed by atoms with E-state index >= 15 is 0 Å². The van der Waals surface area contributed by atoms with Crippen molar-refractivity contribution in [2.24, 2.45) is 0 Å². The molecule has 4 N–H and O–H groups in total. The van der Waals surface area contributed by atoms with Crippen LogP contribution in [-0.4, -0.2) is 61.3 Å². The van der Waals surface area contributed by atoms with Gasteiger partial charge in [0.25, 0.3) is 0 Å². The maximum atomic E-state index is 14.4. The number of fused-ring (bicyclic) bond motifs is 1. The number of hydrogen-bond acceptors (Lipinski definition) is 10. The Morgan fingerprint density at radius 3 is 2.80 bits per heavy atom. The number of aliphatic hydroxyl groups is 2. The van der Waals surface area contributed by atoms with Crippen molar-refractivity contribution in [1.82, 2.24) is 19.5 Å². The number of hydrogen-bond donors (Lipinski definition) is 3. The van der Waals surface area contributed by atoms with E-state index in [0.717, 1.165) is 0 Å². The molecule has 2 aliphatic rings. The van der Waals surface area contributed by atoms with E-state index in [1.807, 2.05) is 0 Å². The molecule has 2 aliphatic heterocycles. The lowest BCUT2D eigenvalue weighted by Crippen LogP contribution is -2.33. The molecule has 6 atom stereocenters. The Morgan fingerprint density at radius 2 is 2.00 bits per heavy atom. The van der Waals surface area contributed by atoms with Gasteiger partial charge in [0, 0.05) is 12.0 Å². The maximum absolute atomic E-state index is 14.4. The second kappa shape index (κ2) is 9.71. The number of imidazole rings is 1. The fourth-order valence-electron chi connectivity index (χ4n) is 3.81. The second-order valence-corrected chi connectivity index (χ2v) is 9.31. The van der Waals surface area contributed by atoms with Crippen molar-refractivity contribution < 1.29 is 41.7 Å². The van der Waals surface area contributed by atoms with Crippen LogP contribution >= 0.6 is 20.2 Å². The lowest BCUT2D eigenvalue weighted by atomic mass is 10.1. The highest BCUT2D eigenvalue weighted by Crippen LogP contribution is 2.51. The van der Waals surface area contributed by atoms with Crippen LogP contribution in [0, 0.1) is 17.5 Å². The molecule has 1 aromatic carbocycles. The third kappa shape index (κ3) is 4.45. The van der Waals surface area contributed by atoms with Crippen molar-refractivity contribution in [2.45, 2.75) is 37.1 Å². The van der Waals surface area contributed by atoms with Gasteiger partial charge in [-0.2, -0.15) is 0 Å². The van der Waals surface area contributed by atoms with Crippen LogP contribution in [0.5, 0.6) is 0 Å². The Labute approximate surface area is 201 Å². The molecule has 0 amide bonds. The molecule has 2 aromatic heterocycles. The largest absolute Gasteiger partial charge is 0.387 e. The summed E-state index contributed by atoms with van der Waals surface area (Å²) < 4.78 is 65.4. The zero-order chi connectivity index (χ0) is 24.9. The molecule has 3 aromatic rings. The number of aliphatic hydroxyl groups excluding tert-OH is 2. The van der Waals surface area contributed by atoms with Crippen molar-refractivity contribution in [2.75, 3.05) is 18.9 Å². The van der Waals surface area contributed by atoms with Gasteiger partial charge in [0.2, 0.25) is 0 Å². The van der Waals surface area contributed by atoms with E-state index < -0.39 is 61.7 Å². The smallest absolute Gasteiger partial charge is 0.333 e. The first-order valence-corrected chi connectivity index (χ1v) is 11.7. The van der Waals surface area contributed by atoms with E-state index in [-0.39, 0.29) is 31.0 Å². The molecule has 2 unspecified atom stereocenters. The fourth-order valence-corrected chi connectivity index (χ4v) is 5.16. The number of benzene rings is 1. The molecule has 188 valence electrons. The van der Waals surface area contributed by atoms with Gasteiger partial charge in [0.1, 0.15) is 35.2 Å². The number of nitrogens with two attached hydrogens (primary N) is 1. The normalized spacial score (nSPS) is 29.2. The van der Waals surface area contributed by atoms with Crippen LogP contribution in [0.25, 0.3) is 11.2 Å². The van der Waals surface area contributed by atoms with Gasteiger partial charge in [-0.15, -0.1) is 0 Å². The summed E-state index contributed by atoms with van der Waals surface area (Å²) in [5, 5.41) is 20.0. The zero-order valence-corrected chi connectivity index (χ0v) is 19.2. The van der Waals surface area contributed by atoms with Crippen LogP contribution < -0.4 is 5.73 Å². The topological polar surface area (TPSA) is 147 Å². The molecule has 11 nitrogen and oxygen atoms in total. The number of nitrogen functional groups attached to an aromatic ring is 1. The minimum Gasteiger partial charge on any atom is -0.387 e. The highest BCUT2D eigenvalue weighted by Gasteiger charge is 2.45. The summed E-state index contributed by atoms with van der Waals surface area (Å²) in [5.41, 5.74) is 6.12. The average Bonchev–Trinajstić information content (AvgIpc) is 3.41. The van der Waals surface area contributed by atoms with Crippen LogP contribution in [0.3, 0.4) is 0 Å². The summed E-state index contributed by atoms with van der Waals surface area (Å²) >= 11 is 5.53. The molecule has 0 aliphatic carbocycles. The Hall–Kier alpha value is -2.16. The third-order valence-electron chi connectivity index (χ3n) is 5.61. The maximum Gasteiger partial charge on any atom is 0.333 e. The number of rotatable bonds is 5. The second-order valence-electron chi connectivity index (χ2n) is 7.75. The van der Waals surface area contributed by atoms with Gasteiger partial charge in [-0.3, -0.25) is 4.57 Å². The number of halogens is 4. The lowest BCUT2D eigenvalue weighted by molar-refractivity contribution is -0.0530. The van der Waals surface area contributed by atoms with Crippen molar-refractivity contribution in [3.8, 4) is 0 Å². The van der Waals surface area contributed by atoms with Crippen LogP contribution in [0.1, 0.15) is 24.3 Å². The average molecular weight is 536 g/mol. The summed E-state index contributed by atoms with van der Waals surface area (Å²) in [7, 11) is -2.07. The summed E-state index contributed by atoms with van der Waals surface area (Å²) in [6, 6.07) is 0.677. The van der Waals surface area contributed by atoms with Crippen LogP contribution in [-0.2, 0) is 18.3 Å². The van der Waals surface area contributed by atoms with Crippen LogP contribution in [0.15, 0.2) is 18.7 Å². The number of nitrogens with zero attached hydrogens (tertiary/aromatic N) is 4. The molecule has 35 heavy (non-hydrogen) atoms. The SMILES string of the molecule is Nc1ncnc2c1ncn2[C@@H]1O[C@H](COP2OCCC(c3cc(F)c(F)c(Cl)c3F)O2)[C@@H](O)[C@H]1O. The van der Waals surface area contributed by atoms with Crippen molar-refractivity contribution in [1.29, 1.82) is 0 Å². The van der Waals surface area contributed by atoms with E-state index in [4.69, 9.17) is 35.6 Å². The van der Waals surface area contributed by atoms with Gasteiger partial charge in [0.15, 0.2) is 35.1 Å². The first-order chi connectivity index (χ1) is 16.8. The lowest BCUT2D eigenvalue weighted by Gasteiger charge is -2.29. The predicted molar refractivity (Wildman–Crippen MR) is 114 cm³/mol. The number of anilines is 1. The molecule has 5 rings (SSSR count). The Morgan fingerprint density at radius 1 is 1.20 bits per heavy atom. The van der Waals surface area contributed by atoms with Gasteiger partial charge in [-0.25, -0.2) is 28.1 Å². The van der Waals surface area contributed by atoms with Gasteiger partial charge < -0.3 is 34.3 Å². The number of aromatic nitrogens is 4. The van der Waals surface area contributed by atoms with E-state index in [2.05, 4.69) is 15.0 Å². The van der Waals surface area contributed by atoms with Gasteiger partial charge in [0.05, 0.1) is 25.6 Å². The first-order valence-electron chi connectivity index (χ1n) is 10.3. The van der Waals surface area contributed by atoms with Crippen LogP contribution in [0.2, 0.25) is 5.02 Å². The molecule has 0 saturated carbocycles. The summed E-state index contributed by atoms with van der Waals surface area (Å²) in [5.74, 6) is -3.79. The first kappa shape index (κ1) is 24.5. The quantitative estimate of drug-likeness (QED) is 0.253. The van der Waals surface area contributed by atoms with Crippen molar-refractivity contribution in [3.63, 3.8) is 0 Å². The van der Waals surface area contributed by atoms with Crippen molar-refractivity contribution >= 4 is 37.2 Å². The Balaban J connectivity index is 1.25.